The molecule has 2 aliphatic rings. The van der Waals surface area contributed by atoms with E-state index in [1.807, 2.05) is 57.2 Å². The lowest BCUT2D eigenvalue weighted by atomic mass is 9.71. The van der Waals surface area contributed by atoms with Gasteiger partial charge >= 0.3 is 5.97 Å². The van der Waals surface area contributed by atoms with E-state index in [-0.39, 0.29) is 17.8 Å². The van der Waals surface area contributed by atoms with Gasteiger partial charge in [0.05, 0.1) is 11.7 Å². The maximum absolute atomic E-state index is 13.5. The Morgan fingerprint density at radius 2 is 1.74 bits per heavy atom. The topological polar surface area (TPSA) is 55.4 Å². The summed E-state index contributed by atoms with van der Waals surface area (Å²) in [6, 6.07) is 17.5. The second-order valence-electron chi connectivity index (χ2n) is 8.40. The fourth-order valence-corrected chi connectivity index (χ4v) is 4.81. The molecule has 0 saturated carbocycles. The van der Waals surface area contributed by atoms with Crippen molar-refractivity contribution in [3.63, 3.8) is 0 Å². The van der Waals surface area contributed by atoms with Crippen LogP contribution in [0.5, 0.6) is 0 Å². The number of hydrogen-bond donors (Lipinski definition) is 1. The number of carbonyl (C=O) groups is 2. The lowest BCUT2D eigenvalue weighted by molar-refractivity contribution is -0.143. The molecule has 0 amide bonds. The van der Waals surface area contributed by atoms with Crippen molar-refractivity contribution < 1.29 is 14.3 Å². The van der Waals surface area contributed by atoms with Crippen molar-refractivity contribution in [2.45, 2.75) is 51.6 Å². The van der Waals surface area contributed by atoms with Crippen LogP contribution in [-0.2, 0) is 14.3 Å². The number of rotatable bonds is 4. The molecule has 1 N–H and O–H groups in total. The van der Waals surface area contributed by atoms with Crippen molar-refractivity contribution in [3.05, 3.63) is 93.3 Å². The van der Waals surface area contributed by atoms with Gasteiger partial charge < -0.3 is 10.1 Å². The smallest absolute Gasteiger partial charge is 0.337 e. The molecule has 1 aliphatic heterocycles. The Morgan fingerprint density at radius 3 is 2.42 bits per heavy atom. The highest BCUT2D eigenvalue weighted by atomic mass is 35.5. The number of ketones is 1. The van der Waals surface area contributed by atoms with Gasteiger partial charge in [-0.05, 0) is 50.3 Å². The molecule has 4 rings (SSSR count). The quantitative estimate of drug-likeness (QED) is 0.630. The van der Waals surface area contributed by atoms with Crippen LogP contribution in [0, 0.1) is 0 Å². The van der Waals surface area contributed by atoms with Crippen LogP contribution < -0.4 is 5.32 Å². The van der Waals surface area contributed by atoms with Gasteiger partial charge in [-0.2, -0.15) is 0 Å². The molecule has 2 atom stereocenters. The lowest BCUT2D eigenvalue weighted by Crippen LogP contribution is -2.36. The Labute approximate surface area is 187 Å². The van der Waals surface area contributed by atoms with Crippen LogP contribution >= 0.6 is 11.6 Å². The highest BCUT2D eigenvalue weighted by Gasteiger charge is 2.42. The molecule has 0 fully saturated rings. The van der Waals surface area contributed by atoms with E-state index in [2.05, 4.69) is 17.4 Å². The molecule has 2 aromatic rings. The zero-order chi connectivity index (χ0) is 22.1. The average Bonchev–Trinajstić information content (AvgIpc) is 2.73. The molecular formula is C26H26ClNO3. The molecule has 2 unspecified atom stereocenters. The summed E-state index contributed by atoms with van der Waals surface area (Å²) >= 11 is 6.56. The molecule has 1 aliphatic carbocycles. The largest absolute Gasteiger partial charge is 0.460 e. The summed E-state index contributed by atoms with van der Waals surface area (Å²) in [6.45, 7) is 5.49. The van der Waals surface area contributed by atoms with Crippen molar-refractivity contribution in [2.24, 2.45) is 0 Å². The van der Waals surface area contributed by atoms with E-state index in [0.29, 0.717) is 34.7 Å². The first-order valence-electron chi connectivity index (χ1n) is 10.6. The van der Waals surface area contributed by atoms with Crippen molar-refractivity contribution in [3.8, 4) is 0 Å². The van der Waals surface area contributed by atoms with Gasteiger partial charge in [-0.25, -0.2) is 4.79 Å². The standard InChI is InChI=1S/C26H26ClNO3/c1-15(2)31-26(30)23-16(3)28-21-13-18(17-9-5-4-6-10-17)14-22(29)25(21)24(23)19-11-7-8-12-20(19)27/h4-12,15,18,24,28H,13-14H2,1-3H3. The monoisotopic (exact) mass is 435 g/mol. The van der Waals surface area contributed by atoms with E-state index < -0.39 is 11.9 Å². The summed E-state index contributed by atoms with van der Waals surface area (Å²) in [5.74, 6) is -0.825. The molecule has 0 saturated heterocycles. The van der Waals surface area contributed by atoms with Gasteiger partial charge in [0.15, 0.2) is 5.78 Å². The summed E-state index contributed by atoms with van der Waals surface area (Å²) in [5.41, 5.74) is 4.54. The number of allylic oxidation sites excluding steroid dienone is 3. The fourth-order valence-electron chi connectivity index (χ4n) is 4.57. The molecular weight excluding hydrogens is 410 g/mol. The number of benzene rings is 2. The molecule has 0 radical (unpaired) electrons. The van der Waals surface area contributed by atoms with Crippen LogP contribution in [0.4, 0.5) is 0 Å². The third-order valence-corrected chi connectivity index (χ3v) is 6.22. The minimum absolute atomic E-state index is 0.0369. The Morgan fingerprint density at radius 1 is 1.06 bits per heavy atom. The van der Waals surface area contributed by atoms with Crippen LogP contribution in [0.25, 0.3) is 0 Å². The predicted molar refractivity (Wildman–Crippen MR) is 122 cm³/mol. The highest BCUT2D eigenvalue weighted by molar-refractivity contribution is 6.31. The summed E-state index contributed by atoms with van der Waals surface area (Å²) in [7, 11) is 0. The van der Waals surface area contributed by atoms with Crippen molar-refractivity contribution >= 4 is 23.4 Å². The summed E-state index contributed by atoms with van der Waals surface area (Å²) in [5, 5.41) is 3.90. The average molecular weight is 436 g/mol. The van der Waals surface area contributed by atoms with Gasteiger partial charge in [-0.15, -0.1) is 0 Å². The number of Topliss-reactive ketones (excluding diaryl/α,β-unsaturated/α-hetero) is 1. The second kappa shape index (κ2) is 8.72. The van der Waals surface area contributed by atoms with Gasteiger partial charge in [-0.1, -0.05) is 60.1 Å². The highest BCUT2D eigenvalue weighted by Crippen LogP contribution is 2.47. The second-order valence-corrected chi connectivity index (χ2v) is 8.81. The first kappa shape index (κ1) is 21.4. The van der Waals surface area contributed by atoms with E-state index in [4.69, 9.17) is 16.3 Å². The van der Waals surface area contributed by atoms with Crippen LogP contribution in [-0.4, -0.2) is 17.9 Å². The number of esters is 1. The first-order valence-corrected chi connectivity index (χ1v) is 11.0. The molecule has 31 heavy (non-hydrogen) atoms. The van der Waals surface area contributed by atoms with Crippen molar-refractivity contribution in [1.29, 1.82) is 0 Å². The van der Waals surface area contributed by atoms with E-state index in [0.717, 1.165) is 16.8 Å². The third-order valence-electron chi connectivity index (χ3n) is 5.88. The third kappa shape index (κ3) is 4.17. The number of carbonyl (C=O) groups excluding carboxylic acids is 2. The van der Waals surface area contributed by atoms with E-state index >= 15 is 0 Å². The number of ether oxygens (including phenoxy) is 1. The normalized spacial score (nSPS) is 21.1. The summed E-state index contributed by atoms with van der Waals surface area (Å²) < 4.78 is 5.54. The zero-order valence-corrected chi connectivity index (χ0v) is 18.7. The zero-order valence-electron chi connectivity index (χ0n) is 17.9. The number of hydrogen-bond acceptors (Lipinski definition) is 4. The number of nitrogens with one attached hydrogen (secondary N) is 1. The van der Waals surface area contributed by atoms with Gasteiger partial charge in [0.1, 0.15) is 0 Å². The maximum atomic E-state index is 13.5. The van der Waals surface area contributed by atoms with Gasteiger partial charge in [-0.3, -0.25) is 4.79 Å². The van der Waals surface area contributed by atoms with Crippen LogP contribution in [0.3, 0.4) is 0 Å². The van der Waals surface area contributed by atoms with E-state index in [1.165, 1.54) is 0 Å². The summed E-state index contributed by atoms with van der Waals surface area (Å²) in [4.78, 5) is 26.6. The van der Waals surface area contributed by atoms with Gasteiger partial charge in [0.25, 0.3) is 0 Å². The molecule has 0 bridgehead atoms. The van der Waals surface area contributed by atoms with Crippen molar-refractivity contribution in [2.75, 3.05) is 0 Å². The SMILES string of the molecule is CC1=C(C(=O)OC(C)C)C(c2ccccc2Cl)C2=C(CC(c3ccccc3)CC2=O)N1. The Hall–Kier alpha value is -2.85. The lowest BCUT2D eigenvalue weighted by Gasteiger charge is -2.37. The Bertz CT molecular complexity index is 1080. The molecule has 0 spiro atoms. The molecule has 160 valence electrons. The molecule has 4 nitrogen and oxygen atoms in total. The van der Waals surface area contributed by atoms with Gasteiger partial charge in [0, 0.05) is 34.3 Å². The van der Waals surface area contributed by atoms with E-state index in [9.17, 15) is 9.59 Å². The van der Waals surface area contributed by atoms with Crippen LogP contribution in [0.15, 0.2) is 77.1 Å². The van der Waals surface area contributed by atoms with E-state index in [1.54, 1.807) is 6.07 Å². The number of dihydropyridines is 1. The molecule has 0 aromatic heterocycles. The molecule has 5 heteroatoms. The minimum Gasteiger partial charge on any atom is -0.460 e. The molecule has 1 heterocycles. The predicted octanol–water partition coefficient (Wildman–Crippen LogP) is 5.65. The summed E-state index contributed by atoms with van der Waals surface area (Å²) in [6.07, 6.45) is 0.840. The Kier molecular flexibility index (Phi) is 6.01. The first-order chi connectivity index (χ1) is 14.9. The maximum Gasteiger partial charge on any atom is 0.337 e. The van der Waals surface area contributed by atoms with Crippen LogP contribution in [0.2, 0.25) is 5.02 Å². The minimum atomic E-state index is -0.541. The van der Waals surface area contributed by atoms with Crippen LogP contribution in [0.1, 0.15) is 56.6 Å². The van der Waals surface area contributed by atoms with Crippen molar-refractivity contribution in [1.82, 2.24) is 5.32 Å². The Balaban J connectivity index is 1.82. The fraction of sp³-hybridized carbons (Fsp3) is 0.308. The number of halogens is 1. The molecule has 2 aromatic carbocycles. The van der Waals surface area contributed by atoms with Gasteiger partial charge in [0.2, 0.25) is 0 Å².